The van der Waals surface area contributed by atoms with Gasteiger partial charge in [-0.15, -0.1) is 0 Å². The summed E-state index contributed by atoms with van der Waals surface area (Å²) >= 11 is 0. The number of carbonyl (C=O) groups is 1. The Hall–Kier alpha value is -1.09. The molecule has 0 atom stereocenters. The molecule has 0 saturated heterocycles. The van der Waals surface area contributed by atoms with E-state index < -0.39 is 0 Å². The lowest BCUT2D eigenvalue weighted by atomic mass is 9.95. The molecule has 0 radical (unpaired) electrons. The summed E-state index contributed by atoms with van der Waals surface area (Å²) in [6.07, 6.45) is 4.84. The highest BCUT2D eigenvalue weighted by Crippen LogP contribution is 2.29. The van der Waals surface area contributed by atoms with E-state index in [9.17, 15) is 4.79 Å². The van der Waals surface area contributed by atoms with E-state index in [0.29, 0.717) is 0 Å². The SMILES string of the molecule is CC(=O)c1c(C)c2c(n1CC[NH+](C)C)CCCC2. The highest BCUT2D eigenvalue weighted by molar-refractivity contribution is 5.94. The molecule has 0 aliphatic heterocycles. The fourth-order valence-electron chi connectivity index (χ4n) is 3.11. The lowest BCUT2D eigenvalue weighted by Gasteiger charge is -2.17. The predicted molar refractivity (Wildman–Crippen MR) is 73.5 cm³/mol. The van der Waals surface area contributed by atoms with E-state index in [4.69, 9.17) is 0 Å². The minimum atomic E-state index is 0.218. The third kappa shape index (κ3) is 2.37. The van der Waals surface area contributed by atoms with Crippen molar-refractivity contribution in [3.8, 4) is 0 Å². The number of quaternary nitrogens is 1. The van der Waals surface area contributed by atoms with Crippen LogP contribution in [0.4, 0.5) is 0 Å². The predicted octanol–water partition coefficient (Wildman–Crippen LogP) is 1.02. The molecule has 1 aliphatic carbocycles. The van der Waals surface area contributed by atoms with E-state index in [0.717, 1.165) is 31.6 Å². The minimum Gasteiger partial charge on any atom is -0.338 e. The third-order valence-corrected chi connectivity index (χ3v) is 4.01. The monoisotopic (exact) mass is 249 g/mol. The largest absolute Gasteiger partial charge is 0.338 e. The van der Waals surface area contributed by atoms with Gasteiger partial charge in [0.25, 0.3) is 0 Å². The molecule has 1 aromatic heterocycles. The lowest BCUT2D eigenvalue weighted by molar-refractivity contribution is -0.858. The Labute approximate surface area is 110 Å². The lowest BCUT2D eigenvalue weighted by Crippen LogP contribution is -3.06. The molecule has 1 aliphatic rings. The number of aromatic nitrogens is 1. The van der Waals surface area contributed by atoms with Gasteiger partial charge in [-0.05, 0) is 43.7 Å². The fraction of sp³-hybridized carbons (Fsp3) is 0.667. The van der Waals surface area contributed by atoms with Gasteiger partial charge in [0.2, 0.25) is 0 Å². The molecule has 0 bridgehead atoms. The van der Waals surface area contributed by atoms with Crippen LogP contribution in [-0.4, -0.2) is 31.0 Å². The first-order valence-electron chi connectivity index (χ1n) is 7.03. The van der Waals surface area contributed by atoms with E-state index in [-0.39, 0.29) is 5.78 Å². The number of carbonyl (C=O) groups excluding carboxylic acids is 1. The van der Waals surface area contributed by atoms with Crippen LogP contribution in [0.5, 0.6) is 0 Å². The molecular weight excluding hydrogens is 224 g/mol. The number of Topliss-reactive ketones (excluding diaryl/α,β-unsaturated/α-hetero) is 1. The van der Waals surface area contributed by atoms with Gasteiger partial charge in [0, 0.05) is 12.6 Å². The van der Waals surface area contributed by atoms with E-state index in [1.807, 2.05) is 0 Å². The number of likely N-dealkylation sites (N-methyl/N-ethyl adjacent to an activating group) is 1. The van der Waals surface area contributed by atoms with Crippen molar-refractivity contribution < 1.29 is 9.69 Å². The maximum Gasteiger partial charge on any atom is 0.176 e. The van der Waals surface area contributed by atoms with E-state index in [1.54, 1.807) is 6.92 Å². The first kappa shape index (κ1) is 13.3. The summed E-state index contributed by atoms with van der Waals surface area (Å²) in [5.74, 6) is 0.218. The average molecular weight is 249 g/mol. The first-order valence-corrected chi connectivity index (χ1v) is 7.03. The number of rotatable bonds is 4. The van der Waals surface area contributed by atoms with Crippen LogP contribution in [0.15, 0.2) is 0 Å². The zero-order chi connectivity index (χ0) is 13.3. The molecule has 1 aromatic rings. The van der Waals surface area contributed by atoms with Crippen LogP contribution < -0.4 is 4.90 Å². The maximum absolute atomic E-state index is 11.9. The van der Waals surface area contributed by atoms with Gasteiger partial charge in [-0.1, -0.05) is 0 Å². The molecule has 0 saturated carbocycles. The Bertz CT molecular complexity index is 458. The molecule has 1 N–H and O–H groups in total. The van der Waals surface area contributed by atoms with Crippen molar-refractivity contribution in [3.05, 3.63) is 22.5 Å². The molecule has 0 spiro atoms. The Balaban J connectivity index is 2.43. The van der Waals surface area contributed by atoms with Crippen molar-refractivity contribution in [2.75, 3.05) is 20.6 Å². The summed E-state index contributed by atoms with van der Waals surface area (Å²) in [5.41, 5.74) is 5.10. The second-order valence-corrected chi connectivity index (χ2v) is 5.77. The summed E-state index contributed by atoms with van der Waals surface area (Å²) < 4.78 is 2.30. The summed E-state index contributed by atoms with van der Waals surface area (Å²) in [6.45, 7) is 5.86. The van der Waals surface area contributed by atoms with Crippen LogP contribution in [-0.2, 0) is 19.4 Å². The van der Waals surface area contributed by atoms with Crippen LogP contribution in [0.2, 0.25) is 0 Å². The average Bonchev–Trinajstić information content (AvgIpc) is 2.60. The van der Waals surface area contributed by atoms with Crippen LogP contribution in [0, 0.1) is 6.92 Å². The second kappa shape index (κ2) is 5.27. The second-order valence-electron chi connectivity index (χ2n) is 5.77. The number of hydrogen-bond donors (Lipinski definition) is 1. The smallest absolute Gasteiger partial charge is 0.176 e. The van der Waals surface area contributed by atoms with Gasteiger partial charge in [0.15, 0.2) is 5.78 Å². The zero-order valence-corrected chi connectivity index (χ0v) is 12.1. The molecule has 18 heavy (non-hydrogen) atoms. The number of ketones is 1. The molecular formula is C15H25N2O+. The topological polar surface area (TPSA) is 26.4 Å². The van der Waals surface area contributed by atoms with E-state index >= 15 is 0 Å². The normalized spacial score (nSPS) is 14.9. The molecule has 100 valence electrons. The number of fused-ring (bicyclic) bond motifs is 1. The van der Waals surface area contributed by atoms with Gasteiger partial charge in [0.1, 0.15) is 0 Å². The van der Waals surface area contributed by atoms with Crippen molar-refractivity contribution in [1.29, 1.82) is 0 Å². The van der Waals surface area contributed by atoms with Gasteiger partial charge in [-0.2, -0.15) is 0 Å². The van der Waals surface area contributed by atoms with Gasteiger partial charge < -0.3 is 9.47 Å². The fourth-order valence-corrected chi connectivity index (χ4v) is 3.11. The summed E-state index contributed by atoms with van der Waals surface area (Å²) in [6, 6.07) is 0. The maximum atomic E-state index is 11.9. The minimum absolute atomic E-state index is 0.218. The van der Waals surface area contributed by atoms with Crippen LogP contribution >= 0.6 is 0 Å². The molecule has 1 heterocycles. The zero-order valence-electron chi connectivity index (χ0n) is 12.1. The molecule has 0 amide bonds. The number of nitrogens with one attached hydrogen (secondary N) is 1. The molecule has 3 nitrogen and oxygen atoms in total. The molecule has 3 heteroatoms. The molecule has 2 rings (SSSR count). The number of hydrogen-bond acceptors (Lipinski definition) is 1. The molecule has 0 unspecified atom stereocenters. The molecule has 0 aromatic carbocycles. The van der Waals surface area contributed by atoms with Crippen LogP contribution in [0.3, 0.4) is 0 Å². The van der Waals surface area contributed by atoms with Crippen molar-refractivity contribution in [2.45, 2.75) is 46.1 Å². The standard InChI is InChI=1S/C15H24N2O/c1-11-13-7-5-6-8-14(13)17(10-9-16(3)4)15(11)12(2)18/h5-10H2,1-4H3/p+1. The van der Waals surface area contributed by atoms with E-state index in [1.165, 1.54) is 34.6 Å². The quantitative estimate of drug-likeness (QED) is 0.793. The van der Waals surface area contributed by atoms with Crippen LogP contribution in [0.1, 0.15) is 47.1 Å². The highest BCUT2D eigenvalue weighted by atomic mass is 16.1. The van der Waals surface area contributed by atoms with E-state index in [2.05, 4.69) is 25.6 Å². The van der Waals surface area contributed by atoms with Crippen molar-refractivity contribution in [2.24, 2.45) is 0 Å². The van der Waals surface area contributed by atoms with Crippen molar-refractivity contribution in [3.63, 3.8) is 0 Å². The summed E-state index contributed by atoms with van der Waals surface area (Å²) in [4.78, 5) is 13.4. The van der Waals surface area contributed by atoms with Gasteiger partial charge in [-0.25, -0.2) is 0 Å². The summed E-state index contributed by atoms with van der Waals surface area (Å²) in [5, 5.41) is 0. The molecule has 0 fully saturated rings. The summed E-state index contributed by atoms with van der Waals surface area (Å²) in [7, 11) is 4.33. The van der Waals surface area contributed by atoms with Gasteiger partial charge in [-0.3, -0.25) is 4.79 Å². The van der Waals surface area contributed by atoms with Gasteiger partial charge in [0.05, 0.1) is 32.9 Å². The Morgan fingerprint density at radius 1 is 1.28 bits per heavy atom. The Morgan fingerprint density at radius 2 is 1.94 bits per heavy atom. The third-order valence-electron chi connectivity index (χ3n) is 4.01. The van der Waals surface area contributed by atoms with Gasteiger partial charge >= 0.3 is 0 Å². The first-order chi connectivity index (χ1) is 8.52. The number of nitrogens with zero attached hydrogens (tertiary/aromatic N) is 1. The Morgan fingerprint density at radius 3 is 2.56 bits per heavy atom. The van der Waals surface area contributed by atoms with Crippen LogP contribution in [0.25, 0.3) is 0 Å². The highest BCUT2D eigenvalue weighted by Gasteiger charge is 2.24. The van der Waals surface area contributed by atoms with Crippen molar-refractivity contribution >= 4 is 5.78 Å². The van der Waals surface area contributed by atoms with Crippen molar-refractivity contribution in [1.82, 2.24) is 4.57 Å². The Kier molecular flexibility index (Phi) is 3.91.